The van der Waals surface area contributed by atoms with Gasteiger partial charge >= 0.3 is 0 Å². The van der Waals surface area contributed by atoms with Gasteiger partial charge in [-0.2, -0.15) is 11.8 Å². The van der Waals surface area contributed by atoms with E-state index in [0.717, 1.165) is 44.7 Å². The highest BCUT2D eigenvalue weighted by Gasteiger charge is 2.20. The summed E-state index contributed by atoms with van der Waals surface area (Å²) in [5, 5.41) is 0.718. The quantitative estimate of drug-likeness (QED) is 0.658. The number of nitrogens with one attached hydrogen (secondary N) is 1. The zero-order valence-corrected chi connectivity index (χ0v) is 12.0. The fourth-order valence-corrected chi connectivity index (χ4v) is 3.44. The molecule has 0 atom stereocenters. The van der Waals surface area contributed by atoms with Crippen LogP contribution in [0, 0.1) is 6.92 Å². The van der Waals surface area contributed by atoms with E-state index >= 15 is 0 Å². The molecule has 2 aromatic rings. The zero-order chi connectivity index (χ0) is 13.4. The van der Waals surface area contributed by atoms with Gasteiger partial charge in [0.25, 0.3) is 0 Å². The first-order valence-electron chi connectivity index (χ1n) is 5.89. The maximum atomic E-state index is 5.98. The fourth-order valence-electron chi connectivity index (χ4n) is 2.17. The topological polar surface area (TPSA) is 63.8 Å². The van der Waals surface area contributed by atoms with Crippen molar-refractivity contribution in [3.05, 3.63) is 40.0 Å². The lowest BCUT2D eigenvalue weighted by atomic mass is 10.1. The van der Waals surface area contributed by atoms with Gasteiger partial charge in [0.2, 0.25) is 0 Å². The Balaban J connectivity index is 2.15. The number of thioether (sulfide) groups is 1. The smallest absolute Gasteiger partial charge is 0.162 e. The van der Waals surface area contributed by atoms with Crippen LogP contribution in [0.5, 0.6) is 0 Å². The first-order valence-corrected chi connectivity index (χ1v) is 7.43. The molecule has 0 unspecified atom stereocenters. The molecule has 0 bridgehead atoms. The Morgan fingerprint density at radius 1 is 1.32 bits per heavy atom. The molecule has 1 aromatic carbocycles. The number of halogens is 1. The second-order valence-electron chi connectivity index (χ2n) is 4.42. The summed E-state index contributed by atoms with van der Waals surface area (Å²) >= 11 is 7.80. The second kappa shape index (κ2) is 5.00. The number of benzene rings is 1. The average Bonchev–Trinajstić information content (AvgIpc) is 2.85. The normalized spacial score (nSPS) is 13.4. The van der Waals surface area contributed by atoms with Crippen molar-refractivity contribution in [3.63, 3.8) is 0 Å². The van der Waals surface area contributed by atoms with Crippen LogP contribution in [0.3, 0.4) is 0 Å². The van der Waals surface area contributed by atoms with Crippen LogP contribution in [0.4, 0.5) is 5.82 Å². The van der Waals surface area contributed by atoms with Gasteiger partial charge in [-0.05, 0) is 30.7 Å². The van der Waals surface area contributed by atoms with Gasteiger partial charge in [-0.25, -0.2) is 15.8 Å². The minimum absolute atomic E-state index is 0.698. The Labute approximate surface area is 120 Å². The van der Waals surface area contributed by atoms with Crippen LogP contribution in [-0.2, 0) is 11.5 Å². The highest BCUT2D eigenvalue weighted by atomic mass is 35.5. The van der Waals surface area contributed by atoms with Gasteiger partial charge in [-0.1, -0.05) is 11.6 Å². The number of nitrogen functional groups attached to an aromatic ring is 1. The SMILES string of the molecule is Cc1cc(Cl)ccc1-c1nc2c(c(NN)n1)CSC2. The number of rotatable bonds is 2. The van der Waals surface area contributed by atoms with Crippen LogP contribution in [0.2, 0.25) is 5.02 Å². The number of hydrogen-bond donors (Lipinski definition) is 2. The summed E-state index contributed by atoms with van der Waals surface area (Å²) in [6.45, 7) is 2.00. The molecule has 0 spiro atoms. The molecular weight excluding hydrogens is 280 g/mol. The summed E-state index contributed by atoms with van der Waals surface area (Å²) in [6.07, 6.45) is 0. The molecular formula is C13H13ClN4S. The van der Waals surface area contributed by atoms with Gasteiger partial charge in [0.1, 0.15) is 5.82 Å². The van der Waals surface area contributed by atoms with E-state index < -0.39 is 0 Å². The van der Waals surface area contributed by atoms with E-state index in [-0.39, 0.29) is 0 Å². The molecule has 0 saturated carbocycles. The van der Waals surface area contributed by atoms with Crippen LogP contribution < -0.4 is 11.3 Å². The van der Waals surface area contributed by atoms with Crippen molar-refractivity contribution < 1.29 is 0 Å². The molecule has 3 N–H and O–H groups in total. The number of hydrogen-bond acceptors (Lipinski definition) is 5. The van der Waals surface area contributed by atoms with Crippen molar-refractivity contribution in [2.75, 3.05) is 5.43 Å². The van der Waals surface area contributed by atoms with Crippen molar-refractivity contribution in [1.29, 1.82) is 0 Å². The zero-order valence-electron chi connectivity index (χ0n) is 10.4. The molecule has 1 aliphatic rings. The van der Waals surface area contributed by atoms with Gasteiger partial charge < -0.3 is 5.43 Å². The predicted octanol–water partition coefficient (Wildman–Crippen LogP) is 3.14. The Bertz CT molecular complexity index is 645. The fraction of sp³-hybridized carbons (Fsp3) is 0.231. The third-order valence-corrected chi connectivity index (χ3v) is 4.35. The molecule has 19 heavy (non-hydrogen) atoms. The lowest BCUT2D eigenvalue weighted by Gasteiger charge is -2.10. The molecule has 98 valence electrons. The van der Waals surface area contributed by atoms with Crippen molar-refractivity contribution in [2.24, 2.45) is 5.84 Å². The highest BCUT2D eigenvalue weighted by Crippen LogP contribution is 2.34. The van der Waals surface area contributed by atoms with Crippen LogP contribution >= 0.6 is 23.4 Å². The third-order valence-electron chi connectivity index (χ3n) is 3.14. The Kier molecular flexibility index (Phi) is 3.35. The predicted molar refractivity (Wildman–Crippen MR) is 80.0 cm³/mol. The minimum Gasteiger partial charge on any atom is -0.308 e. The van der Waals surface area contributed by atoms with Crippen molar-refractivity contribution in [1.82, 2.24) is 9.97 Å². The molecule has 4 nitrogen and oxygen atoms in total. The molecule has 3 rings (SSSR count). The second-order valence-corrected chi connectivity index (χ2v) is 5.84. The minimum atomic E-state index is 0.698. The number of anilines is 1. The van der Waals surface area contributed by atoms with E-state index in [1.165, 1.54) is 0 Å². The Hall–Kier alpha value is -1.30. The van der Waals surface area contributed by atoms with Crippen molar-refractivity contribution in [3.8, 4) is 11.4 Å². The number of fused-ring (bicyclic) bond motifs is 1. The summed E-state index contributed by atoms with van der Waals surface area (Å²) in [6, 6.07) is 5.71. The average molecular weight is 293 g/mol. The number of nitrogens with two attached hydrogens (primary N) is 1. The summed E-state index contributed by atoms with van der Waals surface area (Å²) in [5.74, 6) is 8.80. The van der Waals surface area contributed by atoms with Gasteiger partial charge in [0.05, 0.1) is 5.69 Å². The number of hydrazine groups is 1. The third kappa shape index (κ3) is 2.29. The first-order chi connectivity index (χ1) is 9.19. The molecule has 2 heterocycles. The van der Waals surface area contributed by atoms with Gasteiger partial charge in [0, 0.05) is 27.7 Å². The molecule has 0 saturated heterocycles. The Morgan fingerprint density at radius 2 is 2.16 bits per heavy atom. The Morgan fingerprint density at radius 3 is 2.89 bits per heavy atom. The molecule has 1 aliphatic heterocycles. The lowest BCUT2D eigenvalue weighted by molar-refractivity contribution is 1.06. The van der Waals surface area contributed by atoms with E-state index in [4.69, 9.17) is 17.4 Å². The molecule has 0 fully saturated rings. The number of aromatic nitrogens is 2. The van der Waals surface area contributed by atoms with Gasteiger partial charge in [-0.3, -0.25) is 0 Å². The van der Waals surface area contributed by atoms with E-state index in [9.17, 15) is 0 Å². The van der Waals surface area contributed by atoms with Crippen molar-refractivity contribution >= 4 is 29.2 Å². The van der Waals surface area contributed by atoms with Crippen molar-refractivity contribution in [2.45, 2.75) is 18.4 Å². The van der Waals surface area contributed by atoms with E-state index in [1.807, 2.05) is 36.9 Å². The molecule has 0 amide bonds. The summed E-state index contributed by atoms with van der Waals surface area (Å²) in [4.78, 5) is 9.17. The van der Waals surface area contributed by atoms with Gasteiger partial charge in [-0.15, -0.1) is 0 Å². The summed E-state index contributed by atoms with van der Waals surface area (Å²) < 4.78 is 0. The highest BCUT2D eigenvalue weighted by molar-refractivity contribution is 7.98. The monoisotopic (exact) mass is 292 g/mol. The lowest BCUT2D eigenvalue weighted by Crippen LogP contribution is -2.13. The maximum absolute atomic E-state index is 5.98. The van der Waals surface area contributed by atoms with E-state index in [2.05, 4.69) is 15.4 Å². The number of aryl methyl sites for hydroxylation is 1. The maximum Gasteiger partial charge on any atom is 0.162 e. The van der Waals surface area contributed by atoms with E-state index in [1.54, 1.807) is 0 Å². The van der Waals surface area contributed by atoms with E-state index in [0.29, 0.717) is 5.82 Å². The molecule has 6 heteroatoms. The largest absolute Gasteiger partial charge is 0.308 e. The molecule has 0 radical (unpaired) electrons. The number of nitrogens with zero attached hydrogens (tertiary/aromatic N) is 2. The van der Waals surface area contributed by atoms with Crippen LogP contribution in [0.15, 0.2) is 18.2 Å². The molecule has 0 aliphatic carbocycles. The van der Waals surface area contributed by atoms with Crippen LogP contribution in [0.25, 0.3) is 11.4 Å². The summed E-state index contributed by atoms with van der Waals surface area (Å²) in [5.41, 5.74) is 6.90. The summed E-state index contributed by atoms with van der Waals surface area (Å²) in [7, 11) is 0. The van der Waals surface area contributed by atoms with Crippen LogP contribution in [-0.4, -0.2) is 9.97 Å². The first kappa shape index (κ1) is 12.7. The standard InChI is InChI=1S/C13H13ClN4S/c1-7-4-8(14)2-3-9(7)12-16-11-6-19-5-10(11)13(17-12)18-15/h2-4H,5-6,15H2,1H3,(H,16,17,18). The molecule has 1 aromatic heterocycles. The van der Waals surface area contributed by atoms with Crippen LogP contribution in [0.1, 0.15) is 16.8 Å². The van der Waals surface area contributed by atoms with Gasteiger partial charge in [0.15, 0.2) is 5.82 Å².